The maximum atomic E-state index is 13.9. The molecule has 1 aliphatic rings. The third kappa shape index (κ3) is 3.95. The lowest BCUT2D eigenvalue weighted by atomic mass is 9.83. The lowest BCUT2D eigenvalue weighted by molar-refractivity contribution is 0.320. The molecule has 0 aromatic heterocycles. The second-order valence-electron chi connectivity index (χ2n) is 6.71. The van der Waals surface area contributed by atoms with E-state index in [2.05, 4.69) is 13.8 Å². The predicted molar refractivity (Wildman–Crippen MR) is 83.4 cm³/mol. The van der Waals surface area contributed by atoms with Gasteiger partial charge in [0.1, 0.15) is 5.82 Å². The zero-order valence-electron chi connectivity index (χ0n) is 12.5. The van der Waals surface area contributed by atoms with Crippen LogP contribution in [0.3, 0.4) is 0 Å². The molecule has 1 nitrogen and oxygen atoms in total. The Hall–Kier alpha value is -0.600. The molecule has 2 N–H and O–H groups in total. The van der Waals surface area contributed by atoms with Gasteiger partial charge in [-0.1, -0.05) is 38.3 Å². The van der Waals surface area contributed by atoms with E-state index in [-0.39, 0.29) is 11.4 Å². The van der Waals surface area contributed by atoms with Gasteiger partial charge in [0.15, 0.2) is 0 Å². The fourth-order valence-electron chi connectivity index (χ4n) is 3.36. The van der Waals surface area contributed by atoms with Crippen LogP contribution in [-0.2, 0) is 6.42 Å². The van der Waals surface area contributed by atoms with Crippen LogP contribution in [0.4, 0.5) is 4.39 Å². The van der Waals surface area contributed by atoms with Gasteiger partial charge in [0.2, 0.25) is 0 Å². The number of hydrogen-bond donors (Lipinski definition) is 1. The fraction of sp³-hybridized carbons (Fsp3) is 0.647. The first kappa shape index (κ1) is 15.8. The van der Waals surface area contributed by atoms with E-state index >= 15 is 0 Å². The molecule has 0 heterocycles. The van der Waals surface area contributed by atoms with Gasteiger partial charge in [-0.05, 0) is 61.3 Å². The largest absolute Gasteiger partial charge is 0.325 e. The van der Waals surface area contributed by atoms with Gasteiger partial charge in [-0.2, -0.15) is 0 Å². The van der Waals surface area contributed by atoms with Crippen LogP contribution in [0.15, 0.2) is 18.2 Å². The molecule has 20 heavy (non-hydrogen) atoms. The Morgan fingerprint density at radius 3 is 2.80 bits per heavy atom. The van der Waals surface area contributed by atoms with Crippen LogP contribution in [0.1, 0.15) is 51.5 Å². The minimum atomic E-state index is -0.283. The highest BCUT2D eigenvalue weighted by molar-refractivity contribution is 6.30. The van der Waals surface area contributed by atoms with Crippen molar-refractivity contribution in [3.8, 4) is 0 Å². The number of halogens is 2. The fourth-order valence-corrected chi connectivity index (χ4v) is 3.55. The molecular formula is C17H25ClFN. The molecule has 1 fully saturated rings. The van der Waals surface area contributed by atoms with Crippen LogP contribution < -0.4 is 5.73 Å². The molecule has 1 aliphatic carbocycles. The quantitative estimate of drug-likeness (QED) is 0.784. The Balaban J connectivity index is 2.09. The lowest BCUT2D eigenvalue weighted by Gasteiger charge is -2.29. The van der Waals surface area contributed by atoms with Gasteiger partial charge in [0, 0.05) is 10.6 Å². The van der Waals surface area contributed by atoms with Crippen molar-refractivity contribution in [3.63, 3.8) is 0 Å². The standard InChI is InChI=1S/C17H25ClFN/c1-12(2)13-4-3-8-17(20,9-7-13)11-14-10-15(18)5-6-16(14)19/h5-6,10,12-13H,3-4,7-9,11,20H2,1-2H3. The number of benzene rings is 1. The second kappa shape index (κ2) is 6.44. The molecule has 2 unspecified atom stereocenters. The van der Waals surface area contributed by atoms with Crippen LogP contribution in [0.25, 0.3) is 0 Å². The van der Waals surface area contributed by atoms with Crippen molar-refractivity contribution in [1.29, 1.82) is 0 Å². The number of hydrogen-bond acceptors (Lipinski definition) is 1. The molecule has 0 saturated heterocycles. The summed E-state index contributed by atoms with van der Waals surface area (Å²) >= 11 is 5.97. The molecule has 1 aromatic carbocycles. The maximum Gasteiger partial charge on any atom is 0.126 e. The summed E-state index contributed by atoms with van der Waals surface area (Å²) in [5, 5.41) is 0.582. The van der Waals surface area contributed by atoms with Gasteiger partial charge in [-0.15, -0.1) is 0 Å². The second-order valence-corrected chi connectivity index (χ2v) is 7.15. The van der Waals surface area contributed by atoms with E-state index in [1.54, 1.807) is 12.1 Å². The monoisotopic (exact) mass is 297 g/mol. The van der Waals surface area contributed by atoms with Crippen LogP contribution >= 0.6 is 11.6 Å². The van der Waals surface area contributed by atoms with E-state index in [1.165, 1.54) is 12.5 Å². The SMILES string of the molecule is CC(C)C1CCCC(N)(Cc2cc(Cl)ccc2F)CC1. The Morgan fingerprint density at radius 1 is 1.35 bits per heavy atom. The van der Waals surface area contributed by atoms with Crippen LogP contribution in [-0.4, -0.2) is 5.54 Å². The Labute approximate surface area is 126 Å². The van der Waals surface area contributed by atoms with E-state index in [1.807, 2.05) is 0 Å². The van der Waals surface area contributed by atoms with Gasteiger partial charge in [-0.25, -0.2) is 4.39 Å². The predicted octanol–water partition coefficient (Wildman–Crippen LogP) is 4.96. The molecule has 1 aromatic rings. The molecule has 3 heteroatoms. The first-order valence-electron chi connectivity index (χ1n) is 7.62. The van der Waals surface area contributed by atoms with Gasteiger partial charge >= 0.3 is 0 Å². The average Bonchev–Trinajstić information content (AvgIpc) is 2.56. The third-order valence-corrected chi connectivity index (χ3v) is 4.99. The Bertz CT molecular complexity index is 460. The Morgan fingerprint density at radius 2 is 2.10 bits per heavy atom. The van der Waals surface area contributed by atoms with Crippen LogP contribution in [0.5, 0.6) is 0 Å². The number of rotatable bonds is 3. The van der Waals surface area contributed by atoms with E-state index in [0.29, 0.717) is 22.9 Å². The highest BCUT2D eigenvalue weighted by Crippen LogP contribution is 2.35. The van der Waals surface area contributed by atoms with E-state index in [9.17, 15) is 4.39 Å². The zero-order valence-corrected chi connectivity index (χ0v) is 13.2. The summed E-state index contributed by atoms with van der Waals surface area (Å²) in [6.45, 7) is 4.57. The minimum Gasteiger partial charge on any atom is -0.325 e. The summed E-state index contributed by atoms with van der Waals surface area (Å²) in [4.78, 5) is 0. The first-order chi connectivity index (χ1) is 9.39. The highest BCUT2D eigenvalue weighted by atomic mass is 35.5. The van der Waals surface area contributed by atoms with Gasteiger partial charge in [-0.3, -0.25) is 0 Å². The smallest absolute Gasteiger partial charge is 0.126 e. The summed E-state index contributed by atoms with van der Waals surface area (Å²) in [7, 11) is 0. The zero-order chi connectivity index (χ0) is 14.8. The summed E-state index contributed by atoms with van der Waals surface area (Å²) < 4.78 is 13.9. The van der Waals surface area contributed by atoms with E-state index in [0.717, 1.165) is 31.6 Å². The third-order valence-electron chi connectivity index (χ3n) is 4.76. The molecular weight excluding hydrogens is 273 g/mol. The molecule has 2 atom stereocenters. The summed E-state index contributed by atoms with van der Waals surface area (Å²) in [6, 6.07) is 4.75. The molecule has 0 radical (unpaired) electrons. The van der Waals surface area contributed by atoms with E-state index < -0.39 is 0 Å². The van der Waals surface area contributed by atoms with Crippen molar-refractivity contribution in [1.82, 2.24) is 0 Å². The van der Waals surface area contributed by atoms with Crippen molar-refractivity contribution in [3.05, 3.63) is 34.6 Å². The van der Waals surface area contributed by atoms with E-state index in [4.69, 9.17) is 17.3 Å². The van der Waals surface area contributed by atoms with Crippen molar-refractivity contribution in [2.75, 3.05) is 0 Å². The maximum absolute atomic E-state index is 13.9. The van der Waals surface area contributed by atoms with Crippen molar-refractivity contribution < 1.29 is 4.39 Å². The molecule has 0 spiro atoms. The van der Waals surface area contributed by atoms with Gasteiger partial charge in [0.25, 0.3) is 0 Å². The molecule has 2 rings (SSSR count). The van der Waals surface area contributed by atoms with Crippen molar-refractivity contribution in [2.24, 2.45) is 17.6 Å². The average molecular weight is 298 g/mol. The Kier molecular flexibility index (Phi) is 5.09. The van der Waals surface area contributed by atoms with Gasteiger partial charge < -0.3 is 5.73 Å². The molecule has 0 bridgehead atoms. The van der Waals surface area contributed by atoms with Gasteiger partial charge in [0.05, 0.1) is 0 Å². The summed E-state index contributed by atoms with van der Waals surface area (Å²) in [6.07, 6.45) is 6.07. The lowest BCUT2D eigenvalue weighted by Crippen LogP contribution is -2.41. The summed E-state index contributed by atoms with van der Waals surface area (Å²) in [5.41, 5.74) is 6.94. The normalized spacial score (nSPS) is 27.6. The topological polar surface area (TPSA) is 26.0 Å². The highest BCUT2D eigenvalue weighted by Gasteiger charge is 2.31. The first-order valence-corrected chi connectivity index (χ1v) is 8.00. The molecule has 0 aliphatic heterocycles. The molecule has 112 valence electrons. The van der Waals surface area contributed by atoms with Crippen molar-refractivity contribution in [2.45, 2.75) is 57.9 Å². The van der Waals surface area contributed by atoms with Crippen LogP contribution in [0.2, 0.25) is 5.02 Å². The molecule has 1 saturated carbocycles. The van der Waals surface area contributed by atoms with Crippen LogP contribution in [0, 0.1) is 17.7 Å². The molecule has 0 amide bonds. The summed E-state index contributed by atoms with van der Waals surface area (Å²) in [5.74, 6) is 1.27. The van der Waals surface area contributed by atoms with Crippen molar-refractivity contribution >= 4 is 11.6 Å². The number of nitrogens with two attached hydrogens (primary N) is 1. The minimum absolute atomic E-state index is 0.191.